The third-order valence-electron chi connectivity index (χ3n) is 4.02. The maximum absolute atomic E-state index is 12.3. The number of nitrogens with one attached hydrogen (secondary N) is 3. The van der Waals surface area contributed by atoms with E-state index in [1.165, 1.54) is 0 Å². The second-order valence-corrected chi connectivity index (χ2v) is 6.42. The molecule has 0 spiro atoms. The van der Waals surface area contributed by atoms with E-state index in [1.54, 1.807) is 0 Å². The molecule has 2 amide bonds. The van der Waals surface area contributed by atoms with Crippen molar-refractivity contribution in [3.8, 4) is 0 Å². The zero-order valence-electron chi connectivity index (χ0n) is 16.0. The first-order valence-electron chi connectivity index (χ1n) is 9.71. The number of unbranched alkanes of at least 4 members (excludes halogenated alkanes) is 1. The van der Waals surface area contributed by atoms with E-state index in [2.05, 4.69) is 16.0 Å². The van der Waals surface area contributed by atoms with Crippen LogP contribution in [0.25, 0.3) is 0 Å². The molecule has 0 aromatic heterocycles. The van der Waals surface area contributed by atoms with Gasteiger partial charge in [-0.2, -0.15) is 0 Å². The van der Waals surface area contributed by atoms with Gasteiger partial charge in [0.1, 0.15) is 6.04 Å². The number of hydrogen-bond acceptors (Lipinski definition) is 7. The number of amides is 2. The van der Waals surface area contributed by atoms with Gasteiger partial charge in [-0.15, -0.1) is 0 Å². The monoisotopic (exact) mass is 373 g/mol. The average molecular weight is 374 g/mol. The van der Waals surface area contributed by atoms with E-state index in [9.17, 15) is 9.59 Å². The summed E-state index contributed by atoms with van der Waals surface area (Å²) in [6.07, 6.45) is 5.13. The molecule has 2 unspecified atom stereocenters. The molecule has 0 bridgehead atoms. The van der Waals surface area contributed by atoms with Gasteiger partial charge in [0, 0.05) is 6.54 Å². The van der Waals surface area contributed by atoms with Crippen molar-refractivity contribution in [2.45, 2.75) is 57.0 Å². The summed E-state index contributed by atoms with van der Waals surface area (Å²) in [6.45, 7) is 4.03. The molecule has 154 valence electrons. The average Bonchev–Trinajstić information content (AvgIpc) is 2.64. The van der Waals surface area contributed by atoms with Crippen LogP contribution in [0.5, 0.6) is 0 Å². The molecule has 0 aliphatic carbocycles. The predicted molar refractivity (Wildman–Crippen MR) is 105 cm³/mol. The van der Waals surface area contributed by atoms with Crippen molar-refractivity contribution in [1.29, 1.82) is 0 Å². The van der Waals surface area contributed by atoms with Crippen molar-refractivity contribution in [2.75, 3.05) is 39.3 Å². The molecular weight excluding hydrogens is 334 g/mol. The summed E-state index contributed by atoms with van der Waals surface area (Å²) in [7, 11) is 0. The Labute approximate surface area is 157 Å². The summed E-state index contributed by atoms with van der Waals surface area (Å²) in [4.78, 5) is 24.5. The van der Waals surface area contributed by atoms with E-state index in [-0.39, 0.29) is 11.8 Å². The van der Waals surface area contributed by atoms with Crippen molar-refractivity contribution in [2.24, 2.45) is 22.9 Å². The SMILES string of the molecule is NCCCNCCCCNC(=O)C(CCCN)NC(=O)C(N)CCCN. The molecule has 26 heavy (non-hydrogen) atoms. The molecule has 9 heteroatoms. The molecule has 0 fully saturated rings. The number of rotatable bonds is 17. The molecule has 0 heterocycles. The summed E-state index contributed by atoms with van der Waals surface area (Å²) >= 11 is 0. The van der Waals surface area contributed by atoms with Gasteiger partial charge in [0.25, 0.3) is 0 Å². The van der Waals surface area contributed by atoms with Crippen LogP contribution in [0.1, 0.15) is 44.9 Å². The van der Waals surface area contributed by atoms with Crippen molar-refractivity contribution < 1.29 is 9.59 Å². The molecule has 0 aromatic rings. The van der Waals surface area contributed by atoms with E-state index in [1.807, 2.05) is 0 Å². The van der Waals surface area contributed by atoms with Gasteiger partial charge in [0.15, 0.2) is 0 Å². The minimum Gasteiger partial charge on any atom is -0.354 e. The lowest BCUT2D eigenvalue weighted by Gasteiger charge is -2.20. The van der Waals surface area contributed by atoms with Crippen LogP contribution < -0.4 is 38.9 Å². The van der Waals surface area contributed by atoms with Crippen molar-refractivity contribution in [3.05, 3.63) is 0 Å². The van der Waals surface area contributed by atoms with E-state index in [4.69, 9.17) is 22.9 Å². The maximum atomic E-state index is 12.3. The Morgan fingerprint density at radius 3 is 1.96 bits per heavy atom. The van der Waals surface area contributed by atoms with Crippen molar-refractivity contribution >= 4 is 11.8 Å². The van der Waals surface area contributed by atoms with Crippen LogP contribution in [0.15, 0.2) is 0 Å². The second-order valence-electron chi connectivity index (χ2n) is 6.42. The highest BCUT2D eigenvalue weighted by atomic mass is 16.2. The molecule has 0 saturated heterocycles. The molecule has 0 aromatic carbocycles. The van der Waals surface area contributed by atoms with Gasteiger partial charge < -0.3 is 38.9 Å². The highest BCUT2D eigenvalue weighted by molar-refractivity contribution is 5.89. The quantitative estimate of drug-likeness (QED) is 0.146. The Kier molecular flexibility index (Phi) is 16.3. The van der Waals surface area contributed by atoms with Crippen LogP contribution in [0.2, 0.25) is 0 Å². The number of nitrogens with two attached hydrogens (primary N) is 4. The number of hydrogen-bond donors (Lipinski definition) is 7. The summed E-state index contributed by atoms with van der Waals surface area (Å²) in [5.41, 5.74) is 22.2. The fraction of sp³-hybridized carbons (Fsp3) is 0.882. The standard InChI is InChI=1S/C17H39N7O2/c18-8-3-6-14(21)16(25)24-15(7-4-9-19)17(26)23-13-2-1-11-22-12-5-10-20/h14-15,22H,1-13,18-21H2,(H,23,26)(H,24,25). The maximum Gasteiger partial charge on any atom is 0.242 e. The largest absolute Gasteiger partial charge is 0.354 e. The van der Waals surface area contributed by atoms with Crippen LogP contribution in [-0.4, -0.2) is 63.2 Å². The molecule has 0 rings (SSSR count). The van der Waals surface area contributed by atoms with Crippen LogP contribution in [0, 0.1) is 0 Å². The number of carbonyl (C=O) groups is 2. The first-order chi connectivity index (χ1) is 12.6. The third kappa shape index (κ3) is 13.0. The normalized spacial score (nSPS) is 13.2. The van der Waals surface area contributed by atoms with Gasteiger partial charge in [-0.25, -0.2) is 0 Å². The van der Waals surface area contributed by atoms with Crippen molar-refractivity contribution in [1.82, 2.24) is 16.0 Å². The Morgan fingerprint density at radius 1 is 0.731 bits per heavy atom. The first-order valence-corrected chi connectivity index (χ1v) is 9.71. The van der Waals surface area contributed by atoms with Crippen LogP contribution in [0.4, 0.5) is 0 Å². The molecule has 2 atom stereocenters. The smallest absolute Gasteiger partial charge is 0.242 e. The first kappa shape index (κ1) is 24.7. The fourth-order valence-electron chi connectivity index (χ4n) is 2.40. The molecule has 0 radical (unpaired) electrons. The van der Waals surface area contributed by atoms with E-state index < -0.39 is 12.1 Å². The van der Waals surface area contributed by atoms with Crippen LogP contribution in [0.3, 0.4) is 0 Å². The minimum atomic E-state index is -0.647. The third-order valence-corrected chi connectivity index (χ3v) is 4.02. The molecular formula is C17H39N7O2. The minimum absolute atomic E-state index is 0.186. The van der Waals surface area contributed by atoms with Crippen LogP contribution >= 0.6 is 0 Å². The second kappa shape index (κ2) is 17.2. The van der Waals surface area contributed by atoms with E-state index >= 15 is 0 Å². The molecule has 11 N–H and O–H groups in total. The fourth-order valence-corrected chi connectivity index (χ4v) is 2.40. The van der Waals surface area contributed by atoms with E-state index in [0.717, 1.165) is 32.4 Å². The Bertz CT molecular complexity index is 369. The highest BCUT2D eigenvalue weighted by Crippen LogP contribution is 2.00. The van der Waals surface area contributed by atoms with Crippen LogP contribution in [-0.2, 0) is 9.59 Å². The predicted octanol–water partition coefficient (Wildman–Crippen LogP) is -1.89. The van der Waals surface area contributed by atoms with Gasteiger partial charge in [-0.3, -0.25) is 9.59 Å². The summed E-state index contributed by atoms with van der Waals surface area (Å²) < 4.78 is 0. The lowest BCUT2D eigenvalue weighted by molar-refractivity contribution is -0.129. The zero-order valence-corrected chi connectivity index (χ0v) is 16.0. The summed E-state index contributed by atoms with van der Waals surface area (Å²) in [6, 6.07) is -1.25. The van der Waals surface area contributed by atoms with Gasteiger partial charge in [-0.1, -0.05) is 0 Å². The highest BCUT2D eigenvalue weighted by Gasteiger charge is 2.22. The Balaban J connectivity index is 4.15. The lowest BCUT2D eigenvalue weighted by Crippen LogP contribution is -2.51. The van der Waals surface area contributed by atoms with Gasteiger partial charge in [0.05, 0.1) is 6.04 Å². The topological polar surface area (TPSA) is 174 Å². The van der Waals surface area contributed by atoms with E-state index in [0.29, 0.717) is 51.9 Å². The molecule has 0 saturated carbocycles. The summed E-state index contributed by atoms with van der Waals surface area (Å²) in [5, 5.41) is 8.91. The molecule has 9 nitrogen and oxygen atoms in total. The van der Waals surface area contributed by atoms with Gasteiger partial charge >= 0.3 is 0 Å². The summed E-state index contributed by atoms with van der Waals surface area (Å²) in [5.74, 6) is -0.506. The Morgan fingerprint density at radius 2 is 1.31 bits per heavy atom. The molecule has 0 aliphatic heterocycles. The zero-order chi connectivity index (χ0) is 19.6. The van der Waals surface area contributed by atoms with Gasteiger partial charge in [0.2, 0.25) is 11.8 Å². The lowest BCUT2D eigenvalue weighted by atomic mass is 10.1. The van der Waals surface area contributed by atoms with Gasteiger partial charge in [-0.05, 0) is 77.7 Å². The van der Waals surface area contributed by atoms with Crippen molar-refractivity contribution in [3.63, 3.8) is 0 Å². The Hall–Kier alpha value is -1.26. The number of carbonyl (C=O) groups excluding carboxylic acids is 2. The molecule has 0 aliphatic rings.